The van der Waals surface area contributed by atoms with E-state index in [4.69, 9.17) is 19.1 Å². The summed E-state index contributed by atoms with van der Waals surface area (Å²) in [6, 6.07) is -1.41. The van der Waals surface area contributed by atoms with E-state index in [-0.39, 0.29) is 12.4 Å². The summed E-state index contributed by atoms with van der Waals surface area (Å²) < 4.78 is 42.3. The first-order valence-corrected chi connectivity index (χ1v) is 4.85. The lowest BCUT2D eigenvalue weighted by atomic mass is 10.1. The van der Waals surface area contributed by atoms with Gasteiger partial charge < -0.3 is 10.8 Å². The van der Waals surface area contributed by atoms with Crippen molar-refractivity contribution in [1.29, 1.82) is 0 Å². The van der Waals surface area contributed by atoms with Crippen molar-refractivity contribution in [2.45, 2.75) is 37.8 Å². The van der Waals surface area contributed by atoms with Crippen molar-refractivity contribution in [3.63, 3.8) is 0 Å². The van der Waals surface area contributed by atoms with Crippen LogP contribution in [0.4, 0.5) is 0 Å². The molecule has 0 aliphatic rings. The number of nitrogens with two attached hydrogens (primary N) is 1. The normalized spacial score (nSPS) is 20.4. The Labute approximate surface area is 109 Å². The molecule has 6 heteroatoms. The largest absolute Gasteiger partial charge is 0.480 e. The molecule has 0 fully saturated rings. The number of carboxylic acids is 1. The molecule has 0 aromatic carbocycles. The van der Waals surface area contributed by atoms with E-state index in [2.05, 4.69) is 0 Å². The third kappa shape index (κ3) is 8.72. The minimum atomic E-state index is -2.97. The van der Waals surface area contributed by atoms with Crippen LogP contribution in [0, 0.1) is 0 Å². The maximum atomic E-state index is 11.3. The second-order valence-corrected chi connectivity index (χ2v) is 4.28. The molecule has 0 saturated heterocycles. The molecule has 3 N–H and O–H groups in total. The highest BCUT2D eigenvalue weighted by molar-refractivity contribution is 8.00. The van der Waals surface area contributed by atoms with E-state index in [0.717, 1.165) is 6.92 Å². The van der Waals surface area contributed by atoms with Crippen molar-refractivity contribution in [3.05, 3.63) is 0 Å². The summed E-state index contributed by atoms with van der Waals surface area (Å²) in [4.78, 5) is 21.9. The Morgan fingerprint density at radius 2 is 2.13 bits per heavy atom. The van der Waals surface area contributed by atoms with Crippen LogP contribution in [0.1, 0.15) is 35.3 Å². The summed E-state index contributed by atoms with van der Waals surface area (Å²) >= 11 is 0.396. The van der Waals surface area contributed by atoms with Gasteiger partial charge in [-0.3, -0.25) is 9.59 Å². The summed E-state index contributed by atoms with van der Waals surface area (Å²) in [6.45, 7) is -4.84. The molecule has 0 spiro atoms. The zero-order chi connectivity index (χ0) is 16.4. The summed E-state index contributed by atoms with van der Waals surface area (Å²) in [6.07, 6.45) is -0.711. The van der Waals surface area contributed by atoms with Crippen LogP contribution < -0.4 is 5.73 Å². The maximum Gasteiger partial charge on any atom is 0.321 e. The van der Waals surface area contributed by atoms with Crippen molar-refractivity contribution in [2.24, 2.45) is 5.73 Å². The highest BCUT2D eigenvalue weighted by Crippen LogP contribution is 2.28. The lowest BCUT2D eigenvalue weighted by molar-refractivity contribution is -0.137. The molecule has 0 amide bonds. The molecule has 0 aliphatic heterocycles. The van der Waals surface area contributed by atoms with Crippen LogP contribution in [0.2, 0.25) is 0 Å². The molecular weight excluding hydrogens is 238 g/mol. The van der Waals surface area contributed by atoms with Crippen LogP contribution in [-0.4, -0.2) is 33.4 Å². The molecule has 0 aromatic heterocycles. The topological polar surface area (TPSA) is 80.4 Å². The van der Waals surface area contributed by atoms with Crippen molar-refractivity contribution in [2.75, 3.05) is 5.75 Å². The predicted molar refractivity (Wildman–Crippen MR) is 64.7 cm³/mol. The number of ketones is 1. The van der Waals surface area contributed by atoms with Crippen LogP contribution in [0.5, 0.6) is 0 Å². The molecule has 4 nitrogen and oxygen atoms in total. The predicted octanol–water partition coefficient (Wildman–Crippen LogP) is 1.31. The van der Waals surface area contributed by atoms with Gasteiger partial charge in [0.25, 0.3) is 0 Å². The van der Waals surface area contributed by atoms with Gasteiger partial charge in [0, 0.05) is 25.1 Å². The molecule has 90 valence electrons. The van der Waals surface area contributed by atoms with E-state index in [1.165, 1.54) is 0 Å². The highest BCUT2D eigenvalue weighted by Gasteiger charge is 2.23. The Balaban J connectivity index is 0. The lowest BCUT2D eigenvalue weighted by Gasteiger charge is -2.23. The van der Waals surface area contributed by atoms with E-state index < -0.39 is 48.4 Å². The number of carboxylic acid groups (broad SMARTS) is 1. The summed E-state index contributed by atoms with van der Waals surface area (Å²) in [5.74, 6) is -2.39. The fraction of sp³-hybridized carbons (Fsp3) is 0.778. The van der Waals surface area contributed by atoms with E-state index in [9.17, 15) is 9.59 Å². The Kier molecular flexibility index (Phi) is 3.74. The minimum absolute atomic E-state index is 0. The molecular formula is C9H18ClNO3S. The van der Waals surface area contributed by atoms with Crippen molar-refractivity contribution in [3.8, 4) is 0 Å². The Morgan fingerprint density at radius 1 is 1.60 bits per heavy atom. The zero-order valence-electron chi connectivity index (χ0n) is 14.1. The number of aliphatic carboxylic acids is 1. The van der Waals surface area contributed by atoms with Gasteiger partial charge in [0.1, 0.15) is 11.8 Å². The van der Waals surface area contributed by atoms with Crippen LogP contribution in [-0.2, 0) is 9.59 Å². The summed E-state index contributed by atoms with van der Waals surface area (Å²) in [5.41, 5.74) is 5.27. The van der Waals surface area contributed by atoms with E-state index in [0.29, 0.717) is 11.8 Å². The van der Waals surface area contributed by atoms with Gasteiger partial charge in [-0.1, -0.05) is 13.7 Å². The number of thioether (sulfide) groups is 1. The lowest BCUT2D eigenvalue weighted by Crippen LogP contribution is -2.34. The average molecular weight is 262 g/mol. The van der Waals surface area contributed by atoms with E-state index in [1.807, 2.05) is 0 Å². The molecule has 0 radical (unpaired) electrons. The van der Waals surface area contributed by atoms with Crippen LogP contribution in [0.3, 0.4) is 0 Å². The third-order valence-electron chi connectivity index (χ3n) is 1.32. The second-order valence-electron chi connectivity index (χ2n) is 2.96. The van der Waals surface area contributed by atoms with Crippen molar-refractivity contribution < 1.29 is 22.9 Å². The molecule has 0 heterocycles. The van der Waals surface area contributed by atoms with Crippen LogP contribution in [0.25, 0.3) is 0 Å². The fourth-order valence-corrected chi connectivity index (χ4v) is 1.62. The van der Waals surface area contributed by atoms with Gasteiger partial charge >= 0.3 is 5.97 Å². The molecule has 0 aromatic rings. The quantitative estimate of drug-likeness (QED) is 0.754. The van der Waals surface area contributed by atoms with Gasteiger partial charge in [0.15, 0.2) is 0 Å². The minimum Gasteiger partial charge on any atom is -0.480 e. The first-order chi connectivity index (χ1) is 8.74. The Hall–Kier alpha value is -0.260. The average Bonchev–Trinajstić information content (AvgIpc) is 2.19. The first kappa shape index (κ1) is 7.92. The molecule has 1 atom stereocenters. The van der Waals surface area contributed by atoms with Crippen molar-refractivity contribution >= 4 is 35.9 Å². The third-order valence-corrected chi connectivity index (χ3v) is 2.49. The molecule has 0 saturated carbocycles. The standard InChI is InChI=1S/C9H17NO3S.ClH/c1-6(11)4-9(2,3)14-5-7(10)8(12)13;/h7H,4-5,10H2,1-3H3,(H,12,13);1H/t7-;/m0./s1/i2D3,3D3;. The number of rotatable bonds is 6. The zero-order valence-corrected chi connectivity index (χ0v) is 9.78. The summed E-state index contributed by atoms with van der Waals surface area (Å²) in [5, 5.41) is 8.68. The monoisotopic (exact) mass is 261 g/mol. The Bertz CT molecular complexity index is 373. The maximum absolute atomic E-state index is 11.3. The van der Waals surface area contributed by atoms with E-state index in [1.54, 1.807) is 0 Å². The fourth-order valence-electron chi connectivity index (χ4n) is 0.705. The van der Waals surface area contributed by atoms with E-state index >= 15 is 0 Å². The number of hydrogen-bond acceptors (Lipinski definition) is 4. The molecule has 15 heavy (non-hydrogen) atoms. The number of carbonyl (C=O) groups excluding carboxylic acids is 1. The smallest absolute Gasteiger partial charge is 0.321 e. The van der Waals surface area contributed by atoms with Gasteiger partial charge in [-0.25, -0.2) is 0 Å². The second kappa shape index (κ2) is 7.09. The highest BCUT2D eigenvalue weighted by atomic mass is 35.5. The SMILES string of the molecule is Cl.[2H]C([2H])([2H])C(CC(C)=O)(SC[C@H](N)C(=O)O)C([2H])([2H])[2H]. The van der Waals surface area contributed by atoms with Crippen molar-refractivity contribution in [1.82, 2.24) is 0 Å². The number of hydrogen-bond donors (Lipinski definition) is 2. The number of halogens is 1. The number of carbonyl (C=O) groups is 2. The van der Waals surface area contributed by atoms with Gasteiger partial charge in [-0.2, -0.15) is 11.8 Å². The van der Waals surface area contributed by atoms with Gasteiger partial charge in [0.05, 0.1) is 0 Å². The molecule has 0 aliphatic carbocycles. The van der Waals surface area contributed by atoms with Gasteiger partial charge in [-0.15, -0.1) is 12.4 Å². The molecule has 0 bridgehead atoms. The van der Waals surface area contributed by atoms with Gasteiger partial charge in [0.2, 0.25) is 0 Å². The van der Waals surface area contributed by atoms with Gasteiger partial charge in [-0.05, 0) is 6.92 Å². The van der Waals surface area contributed by atoms with Crippen LogP contribution in [0.15, 0.2) is 0 Å². The van der Waals surface area contributed by atoms with Crippen LogP contribution >= 0.6 is 24.2 Å². The Morgan fingerprint density at radius 3 is 2.47 bits per heavy atom. The number of Topliss-reactive ketones (excluding diaryl/α,β-unsaturated/α-hetero) is 1. The molecule has 0 rings (SSSR count). The first-order valence-electron chi connectivity index (χ1n) is 6.86. The molecule has 0 unspecified atom stereocenters. The summed E-state index contributed by atoms with van der Waals surface area (Å²) in [7, 11) is 0.